The standard InChI is InChI=1S/C48H59N7O10S2/c1-29(2)49-46-51-39(28-66-46)38-24-41(35-21-20-32(63-4)22-37(35)50-38)64-33-23-40-43(56)53-48(45(58)59)25-31(48)16-9-6-5-7-12-19-36(44(57)55(40)26-33)52-47(60)65-42(30-14-13-15-30)27-54(3)67(61,62)34-17-10-8-11-18-34/h8-11,16-18,20-22,24,28-31,33,36,40,42H,5-7,12-15,19,23,25-27H2,1-4H3,(H,49,51)(H,52,60)(H,53,56)(H,58,59)/t31?,33-,36+,40+,42-,48-/m1/s1. The van der Waals surface area contributed by atoms with Gasteiger partial charge in [0.1, 0.15) is 47.0 Å². The lowest BCUT2D eigenvalue weighted by molar-refractivity contribution is -0.145. The Labute approximate surface area is 394 Å². The van der Waals surface area contributed by atoms with Crippen LogP contribution in [0.3, 0.4) is 0 Å². The zero-order chi connectivity index (χ0) is 47.5. The number of fused-ring (bicyclic) bond motifs is 3. The quantitative estimate of drug-likeness (QED) is 0.0981. The van der Waals surface area contributed by atoms with Gasteiger partial charge in [0.15, 0.2) is 5.13 Å². The van der Waals surface area contributed by atoms with E-state index in [1.807, 2.05) is 37.4 Å². The fourth-order valence-corrected chi connectivity index (χ4v) is 11.2. The third-order valence-corrected chi connectivity index (χ3v) is 15.8. The van der Waals surface area contributed by atoms with E-state index in [1.54, 1.807) is 43.5 Å². The number of carboxylic acids is 1. The Balaban J connectivity index is 1.07. The maximum Gasteiger partial charge on any atom is 0.408 e. The Morgan fingerprint density at radius 2 is 1.82 bits per heavy atom. The topological polar surface area (TPSA) is 219 Å². The van der Waals surface area contributed by atoms with Crippen molar-refractivity contribution in [2.45, 2.75) is 119 Å². The highest BCUT2D eigenvalue weighted by Gasteiger charge is 2.61. The van der Waals surface area contributed by atoms with Crippen molar-refractivity contribution < 1.29 is 46.9 Å². The summed E-state index contributed by atoms with van der Waals surface area (Å²) in [4.78, 5) is 67.3. The van der Waals surface area contributed by atoms with Crippen molar-refractivity contribution >= 4 is 61.3 Å². The molecule has 3 amide bonds. The summed E-state index contributed by atoms with van der Waals surface area (Å²) in [6.45, 7) is 3.90. The van der Waals surface area contributed by atoms with Crippen LogP contribution in [0.4, 0.5) is 9.93 Å². The fourth-order valence-electron chi connectivity index (χ4n) is 9.09. The second-order valence-corrected chi connectivity index (χ2v) is 21.2. The number of carbonyl (C=O) groups is 4. The van der Waals surface area contributed by atoms with Gasteiger partial charge in [-0.15, -0.1) is 11.3 Å². The number of aromatic nitrogens is 2. The van der Waals surface area contributed by atoms with Crippen LogP contribution in [0.15, 0.2) is 77.0 Å². The van der Waals surface area contributed by atoms with Crippen LogP contribution in [0.5, 0.6) is 11.5 Å². The van der Waals surface area contributed by atoms with Crippen molar-refractivity contribution in [3.8, 4) is 22.9 Å². The molecule has 6 atom stereocenters. The highest BCUT2D eigenvalue weighted by atomic mass is 32.2. The van der Waals surface area contributed by atoms with Crippen molar-refractivity contribution in [2.75, 3.05) is 32.6 Å². The van der Waals surface area contributed by atoms with Gasteiger partial charge in [0.2, 0.25) is 21.8 Å². The van der Waals surface area contributed by atoms with Crippen LogP contribution in [0.1, 0.15) is 78.1 Å². The first kappa shape index (κ1) is 47.7. The number of sulfonamides is 1. The number of rotatable bonds is 14. The molecule has 2 aliphatic carbocycles. The number of aliphatic carboxylic acids is 1. The molecule has 1 saturated heterocycles. The van der Waals surface area contributed by atoms with Gasteiger partial charge in [0, 0.05) is 48.3 Å². The zero-order valence-corrected chi connectivity index (χ0v) is 39.8. The Hall–Kier alpha value is -5.79. The van der Waals surface area contributed by atoms with Crippen LogP contribution < -0.4 is 25.4 Å². The molecule has 67 heavy (non-hydrogen) atoms. The molecule has 0 bridgehead atoms. The molecule has 0 radical (unpaired) electrons. The average Bonchev–Trinajstić information content (AvgIpc) is 3.54. The van der Waals surface area contributed by atoms with Crippen LogP contribution in [-0.4, -0.2) is 120 Å². The number of likely N-dealkylation sites (N-methyl/N-ethyl adjacent to an activating group) is 1. The Morgan fingerprint density at radius 1 is 1.03 bits per heavy atom. The molecule has 0 spiro atoms. The number of methoxy groups -OCH3 is 1. The number of pyridine rings is 1. The fraction of sp³-hybridized carbons (Fsp3) is 0.500. The SMILES string of the molecule is COc1ccc2c(O[C@@H]3C[C@H]4C(=O)N[C@]5(C(=O)O)CC5C=CCCCCC[C@H](NC(=O)O[C@H](CN(C)S(=O)(=O)c5ccccc5)C5CCC5)C(=O)N4C3)cc(-c3csc(NC(C)C)n3)nc2c1. The summed E-state index contributed by atoms with van der Waals surface area (Å²) in [7, 11) is -0.869. The number of ether oxygens (including phenoxy) is 3. The number of anilines is 1. The molecule has 4 heterocycles. The van der Waals surface area contributed by atoms with Gasteiger partial charge in [-0.1, -0.05) is 49.6 Å². The van der Waals surface area contributed by atoms with Crippen LogP contribution in [-0.2, 0) is 29.1 Å². The third kappa shape index (κ3) is 10.7. The highest BCUT2D eigenvalue weighted by molar-refractivity contribution is 7.89. The smallest absolute Gasteiger partial charge is 0.408 e. The van der Waals surface area contributed by atoms with Gasteiger partial charge in [-0.05, 0) is 82.6 Å². The van der Waals surface area contributed by atoms with Crippen molar-refractivity contribution in [2.24, 2.45) is 11.8 Å². The van der Waals surface area contributed by atoms with E-state index in [4.69, 9.17) is 24.2 Å². The first-order valence-corrected chi connectivity index (χ1v) is 25.4. The summed E-state index contributed by atoms with van der Waals surface area (Å²) < 4.78 is 46.5. The summed E-state index contributed by atoms with van der Waals surface area (Å²) in [6.07, 6.45) is 6.98. The lowest BCUT2D eigenvalue weighted by atomic mass is 9.81. The molecule has 358 valence electrons. The molecule has 1 unspecified atom stereocenters. The van der Waals surface area contributed by atoms with Crippen LogP contribution >= 0.6 is 11.3 Å². The van der Waals surface area contributed by atoms with E-state index in [9.17, 15) is 32.7 Å². The van der Waals surface area contributed by atoms with Gasteiger partial charge in [-0.25, -0.2) is 28.0 Å². The molecule has 2 aromatic carbocycles. The van der Waals surface area contributed by atoms with Gasteiger partial charge in [-0.3, -0.25) is 9.59 Å². The van der Waals surface area contributed by atoms with E-state index >= 15 is 0 Å². The van der Waals surface area contributed by atoms with E-state index in [2.05, 4.69) is 16.0 Å². The average molecular weight is 958 g/mol. The van der Waals surface area contributed by atoms with Crippen LogP contribution in [0, 0.1) is 11.8 Å². The first-order chi connectivity index (χ1) is 32.1. The zero-order valence-electron chi connectivity index (χ0n) is 38.2. The lowest BCUT2D eigenvalue weighted by Crippen LogP contribution is -2.56. The Bertz CT molecular complexity index is 2610. The number of nitrogens with zero attached hydrogens (tertiary/aromatic N) is 4. The minimum absolute atomic E-state index is 0.0192. The number of carbonyl (C=O) groups excluding carboxylic acids is 3. The summed E-state index contributed by atoms with van der Waals surface area (Å²) in [5, 5.41) is 22.6. The summed E-state index contributed by atoms with van der Waals surface area (Å²) in [5.41, 5.74) is 0.205. The van der Waals surface area contributed by atoms with E-state index in [-0.39, 0.29) is 49.2 Å². The highest BCUT2D eigenvalue weighted by Crippen LogP contribution is 2.46. The number of hydrogen-bond acceptors (Lipinski definition) is 13. The molecule has 17 nitrogen and oxygen atoms in total. The number of carboxylic acid groups (broad SMARTS) is 1. The number of benzene rings is 2. The molecule has 4 aliphatic rings. The number of hydrogen-bond donors (Lipinski definition) is 4. The predicted octanol–water partition coefficient (Wildman–Crippen LogP) is 6.60. The number of thiazole rings is 1. The maximum atomic E-state index is 15.0. The Kier molecular flexibility index (Phi) is 14.4. The minimum Gasteiger partial charge on any atom is -0.497 e. The second kappa shape index (κ2) is 20.2. The van der Waals surface area contributed by atoms with Crippen molar-refractivity contribution in [3.63, 3.8) is 0 Å². The molecule has 2 aromatic heterocycles. The normalized spacial score (nSPS) is 24.1. The van der Waals surface area contributed by atoms with E-state index < -0.39 is 69.6 Å². The summed E-state index contributed by atoms with van der Waals surface area (Å²) >= 11 is 1.45. The van der Waals surface area contributed by atoms with Gasteiger partial charge in [0.05, 0.1) is 36.3 Å². The molecule has 4 N–H and O–H groups in total. The summed E-state index contributed by atoms with van der Waals surface area (Å²) in [6, 6.07) is 13.1. The lowest BCUT2D eigenvalue weighted by Gasteiger charge is -2.35. The van der Waals surface area contributed by atoms with E-state index in [0.29, 0.717) is 46.6 Å². The number of alkyl carbamates (subject to hydrolysis) is 1. The summed E-state index contributed by atoms with van der Waals surface area (Å²) in [5.74, 6) is -1.81. The van der Waals surface area contributed by atoms with E-state index in [1.165, 1.54) is 39.7 Å². The predicted molar refractivity (Wildman–Crippen MR) is 252 cm³/mol. The third-order valence-electron chi connectivity index (χ3n) is 13.2. The number of amides is 3. The first-order valence-electron chi connectivity index (χ1n) is 23.0. The van der Waals surface area contributed by atoms with Crippen LogP contribution in [0.25, 0.3) is 22.3 Å². The van der Waals surface area contributed by atoms with Crippen molar-refractivity contribution in [3.05, 3.63) is 72.1 Å². The molecule has 4 aromatic rings. The minimum atomic E-state index is -3.89. The van der Waals surface area contributed by atoms with Crippen molar-refractivity contribution in [1.29, 1.82) is 0 Å². The van der Waals surface area contributed by atoms with Gasteiger partial charge < -0.3 is 40.2 Å². The maximum absolute atomic E-state index is 15.0. The van der Waals surface area contributed by atoms with Crippen molar-refractivity contribution in [1.82, 2.24) is 29.8 Å². The molecule has 19 heteroatoms. The molecular weight excluding hydrogens is 899 g/mol. The molecular formula is C48H59N7O10S2. The number of nitrogens with one attached hydrogen (secondary N) is 3. The van der Waals surface area contributed by atoms with E-state index in [0.717, 1.165) is 37.2 Å². The largest absolute Gasteiger partial charge is 0.497 e. The van der Waals surface area contributed by atoms with Crippen LogP contribution in [0.2, 0.25) is 0 Å². The molecule has 8 rings (SSSR count). The molecule has 2 saturated carbocycles. The number of allylic oxidation sites excluding steroid dienone is 1. The Morgan fingerprint density at radius 3 is 2.54 bits per heavy atom. The van der Waals surface area contributed by atoms with Gasteiger partial charge in [-0.2, -0.15) is 4.31 Å². The molecule has 2 aliphatic heterocycles. The second-order valence-electron chi connectivity index (χ2n) is 18.3. The van der Waals surface area contributed by atoms with Gasteiger partial charge in [0.25, 0.3) is 0 Å². The van der Waals surface area contributed by atoms with Gasteiger partial charge >= 0.3 is 12.1 Å². The monoisotopic (exact) mass is 957 g/mol. The molecule has 3 fully saturated rings.